The van der Waals surface area contributed by atoms with Gasteiger partial charge in [0.25, 0.3) is 0 Å². The topological polar surface area (TPSA) is 76.8 Å². The van der Waals surface area contributed by atoms with E-state index in [1.165, 1.54) is 12.8 Å². The molecule has 3 rings (SSSR count). The number of rotatable bonds is 6. The van der Waals surface area contributed by atoms with Crippen LogP contribution in [0.15, 0.2) is 11.3 Å². The van der Waals surface area contributed by atoms with E-state index in [4.69, 9.17) is 14.5 Å². The molecule has 0 bridgehead atoms. The van der Waals surface area contributed by atoms with Gasteiger partial charge in [-0.2, -0.15) is 5.10 Å². The molecule has 27 heavy (non-hydrogen) atoms. The molecule has 0 saturated carbocycles. The molecule has 0 amide bonds. The van der Waals surface area contributed by atoms with E-state index in [1.807, 2.05) is 7.05 Å². The summed E-state index contributed by atoms with van der Waals surface area (Å²) in [6.07, 6.45) is 7.85. The zero-order valence-corrected chi connectivity index (χ0v) is 18.8. The number of aryl methyl sites for hydroxylation is 1. The van der Waals surface area contributed by atoms with E-state index in [2.05, 4.69) is 27.2 Å². The van der Waals surface area contributed by atoms with E-state index < -0.39 is 0 Å². The number of aromatic nitrogens is 3. The molecule has 2 aliphatic heterocycles. The molecule has 3 heterocycles. The highest BCUT2D eigenvalue weighted by atomic mass is 127. The smallest absolute Gasteiger partial charge is 0.194 e. The standard InChI is InChI=1S/C18H32N6O2.HI/c1-3-19-18(20-12-17-21-14-22-23(17)2)24-9-7-15(8-10-24)26-13-16-6-4-5-11-25-16;/h14-16H,3-13H2,1-2H3,(H,19,20);1H. The SMILES string of the molecule is CCNC(=NCc1ncnn1C)N1CCC(OCC2CCCCO2)CC1.I. The molecule has 1 atom stereocenters. The maximum absolute atomic E-state index is 6.11. The van der Waals surface area contributed by atoms with Crippen molar-refractivity contribution in [3.05, 3.63) is 12.2 Å². The third-order valence-corrected chi connectivity index (χ3v) is 5.04. The molecule has 0 aromatic carbocycles. The Morgan fingerprint density at radius 2 is 2.15 bits per heavy atom. The zero-order valence-electron chi connectivity index (χ0n) is 16.5. The summed E-state index contributed by atoms with van der Waals surface area (Å²) in [7, 11) is 1.89. The first-order valence-corrected chi connectivity index (χ1v) is 9.85. The number of likely N-dealkylation sites (tertiary alicyclic amines) is 1. The Kier molecular flexibility index (Phi) is 9.77. The van der Waals surface area contributed by atoms with Gasteiger partial charge in [0, 0.05) is 33.3 Å². The highest BCUT2D eigenvalue weighted by molar-refractivity contribution is 14.0. The van der Waals surface area contributed by atoms with Gasteiger partial charge in [-0.3, -0.25) is 4.68 Å². The third-order valence-electron chi connectivity index (χ3n) is 5.04. The fourth-order valence-corrected chi connectivity index (χ4v) is 3.45. The van der Waals surface area contributed by atoms with Gasteiger partial charge in [-0.1, -0.05) is 0 Å². The van der Waals surface area contributed by atoms with Crippen LogP contribution in [0.4, 0.5) is 0 Å². The van der Waals surface area contributed by atoms with Crippen LogP contribution in [0.5, 0.6) is 0 Å². The number of hydrogen-bond acceptors (Lipinski definition) is 5. The zero-order chi connectivity index (χ0) is 18.2. The first-order chi connectivity index (χ1) is 12.8. The molecule has 154 valence electrons. The van der Waals surface area contributed by atoms with Crippen LogP contribution in [-0.2, 0) is 23.1 Å². The number of hydrogen-bond donors (Lipinski definition) is 1. The van der Waals surface area contributed by atoms with Gasteiger partial charge >= 0.3 is 0 Å². The Hall–Kier alpha value is -0.940. The molecule has 2 fully saturated rings. The lowest BCUT2D eigenvalue weighted by Gasteiger charge is -2.35. The lowest BCUT2D eigenvalue weighted by molar-refractivity contribution is -0.0721. The van der Waals surface area contributed by atoms with Crippen molar-refractivity contribution in [1.29, 1.82) is 0 Å². The van der Waals surface area contributed by atoms with Crippen molar-refractivity contribution >= 4 is 29.9 Å². The molecule has 2 saturated heterocycles. The quantitative estimate of drug-likeness (QED) is 0.372. The molecule has 2 aliphatic rings. The van der Waals surface area contributed by atoms with Crippen LogP contribution >= 0.6 is 24.0 Å². The van der Waals surface area contributed by atoms with E-state index in [0.717, 1.165) is 63.9 Å². The highest BCUT2D eigenvalue weighted by Gasteiger charge is 2.23. The molecular weight excluding hydrogens is 459 g/mol. The van der Waals surface area contributed by atoms with Crippen molar-refractivity contribution in [1.82, 2.24) is 25.0 Å². The molecule has 0 spiro atoms. The fraction of sp³-hybridized carbons (Fsp3) is 0.833. The van der Waals surface area contributed by atoms with Crippen LogP contribution in [0.1, 0.15) is 44.9 Å². The number of piperidine rings is 1. The Morgan fingerprint density at radius 1 is 1.33 bits per heavy atom. The first-order valence-electron chi connectivity index (χ1n) is 9.85. The maximum atomic E-state index is 6.11. The fourth-order valence-electron chi connectivity index (χ4n) is 3.45. The van der Waals surface area contributed by atoms with E-state index >= 15 is 0 Å². The Morgan fingerprint density at radius 3 is 2.78 bits per heavy atom. The van der Waals surface area contributed by atoms with Gasteiger partial charge in [0.05, 0.1) is 18.8 Å². The van der Waals surface area contributed by atoms with E-state index in [9.17, 15) is 0 Å². The number of aliphatic imine (C=N–C) groups is 1. The summed E-state index contributed by atoms with van der Waals surface area (Å²) < 4.78 is 13.6. The van der Waals surface area contributed by atoms with Gasteiger partial charge in [-0.25, -0.2) is 9.98 Å². The first kappa shape index (κ1) is 22.4. The van der Waals surface area contributed by atoms with Crippen LogP contribution in [-0.4, -0.2) is 70.7 Å². The predicted octanol–water partition coefficient (Wildman–Crippen LogP) is 1.95. The second-order valence-corrected chi connectivity index (χ2v) is 6.98. The molecule has 8 nitrogen and oxygen atoms in total. The summed E-state index contributed by atoms with van der Waals surface area (Å²) in [6, 6.07) is 0. The minimum atomic E-state index is 0. The second-order valence-electron chi connectivity index (χ2n) is 6.98. The van der Waals surface area contributed by atoms with Crippen LogP contribution < -0.4 is 5.32 Å². The van der Waals surface area contributed by atoms with Gasteiger partial charge < -0.3 is 19.7 Å². The van der Waals surface area contributed by atoms with Crippen molar-refractivity contribution in [2.45, 2.75) is 57.8 Å². The van der Waals surface area contributed by atoms with Crippen LogP contribution in [0.3, 0.4) is 0 Å². The van der Waals surface area contributed by atoms with Gasteiger partial charge in [-0.05, 0) is 39.0 Å². The van der Waals surface area contributed by atoms with Crippen molar-refractivity contribution in [2.24, 2.45) is 12.0 Å². The average molecular weight is 492 g/mol. The molecule has 9 heteroatoms. The Labute approximate surface area is 179 Å². The summed E-state index contributed by atoms with van der Waals surface area (Å²) in [5, 5.41) is 7.49. The minimum Gasteiger partial charge on any atom is -0.376 e. The molecular formula is C18H33IN6O2. The number of nitrogens with zero attached hydrogens (tertiary/aromatic N) is 5. The van der Waals surface area contributed by atoms with E-state index in [1.54, 1.807) is 11.0 Å². The molecule has 0 aliphatic carbocycles. The molecule has 1 unspecified atom stereocenters. The molecule has 1 N–H and O–H groups in total. The second kappa shape index (κ2) is 11.8. The van der Waals surface area contributed by atoms with Crippen molar-refractivity contribution in [3.8, 4) is 0 Å². The normalized spacial score (nSPS) is 21.8. The number of halogens is 1. The Balaban J connectivity index is 0.00000261. The van der Waals surface area contributed by atoms with Crippen molar-refractivity contribution in [2.75, 3.05) is 32.8 Å². The number of ether oxygens (including phenoxy) is 2. The summed E-state index contributed by atoms with van der Waals surface area (Å²) in [5.41, 5.74) is 0. The summed E-state index contributed by atoms with van der Waals surface area (Å²) in [6.45, 7) is 7.03. The lowest BCUT2D eigenvalue weighted by atomic mass is 10.1. The van der Waals surface area contributed by atoms with Crippen LogP contribution in [0.25, 0.3) is 0 Å². The number of nitrogens with one attached hydrogen (secondary N) is 1. The van der Waals surface area contributed by atoms with E-state index in [0.29, 0.717) is 18.8 Å². The number of guanidine groups is 1. The molecule has 0 radical (unpaired) electrons. The summed E-state index contributed by atoms with van der Waals surface area (Å²) in [5.74, 6) is 1.82. The third kappa shape index (κ3) is 6.86. The van der Waals surface area contributed by atoms with Gasteiger partial charge in [-0.15, -0.1) is 24.0 Å². The Bertz CT molecular complexity index is 568. The van der Waals surface area contributed by atoms with Gasteiger partial charge in [0.15, 0.2) is 5.96 Å². The van der Waals surface area contributed by atoms with Crippen LogP contribution in [0.2, 0.25) is 0 Å². The summed E-state index contributed by atoms with van der Waals surface area (Å²) >= 11 is 0. The van der Waals surface area contributed by atoms with Crippen LogP contribution in [0, 0.1) is 0 Å². The molecule has 1 aromatic rings. The van der Waals surface area contributed by atoms with Crippen molar-refractivity contribution in [3.63, 3.8) is 0 Å². The van der Waals surface area contributed by atoms with Gasteiger partial charge in [0.2, 0.25) is 0 Å². The molecule has 1 aromatic heterocycles. The van der Waals surface area contributed by atoms with Gasteiger partial charge in [0.1, 0.15) is 18.7 Å². The highest BCUT2D eigenvalue weighted by Crippen LogP contribution is 2.18. The maximum Gasteiger partial charge on any atom is 0.194 e. The largest absolute Gasteiger partial charge is 0.376 e. The monoisotopic (exact) mass is 492 g/mol. The average Bonchev–Trinajstić information content (AvgIpc) is 3.10. The van der Waals surface area contributed by atoms with Crippen molar-refractivity contribution < 1.29 is 9.47 Å². The van der Waals surface area contributed by atoms with E-state index in [-0.39, 0.29) is 24.0 Å². The minimum absolute atomic E-state index is 0. The predicted molar refractivity (Wildman–Crippen MR) is 115 cm³/mol. The lowest BCUT2D eigenvalue weighted by Crippen LogP contribution is -2.47. The summed E-state index contributed by atoms with van der Waals surface area (Å²) in [4.78, 5) is 11.3.